The highest BCUT2D eigenvalue weighted by atomic mass is 19.3. The Kier molecular flexibility index (Phi) is 6.07. The first-order valence-electron chi connectivity index (χ1n) is 13.1. The Hall–Kier alpha value is -3.97. The number of para-hydroxylation sites is 1. The highest BCUT2D eigenvalue weighted by Gasteiger charge is 2.47. The molecule has 2 aliphatic heterocycles. The number of H-pyrrole nitrogens is 1. The highest BCUT2D eigenvalue weighted by molar-refractivity contribution is 6.13. The van der Waals surface area contributed by atoms with Gasteiger partial charge in [-0.3, -0.25) is 14.8 Å². The van der Waals surface area contributed by atoms with Crippen LogP contribution in [-0.4, -0.2) is 39.8 Å². The summed E-state index contributed by atoms with van der Waals surface area (Å²) in [5.41, 5.74) is 3.03. The van der Waals surface area contributed by atoms with E-state index in [4.69, 9.17) is 0 Å². The molecule has 198 valence electrons. The van der Waals surface area contributed by atoms with Crippen molar-refractivity contribution >= 4 is 28.6 Å². The van der Waals surface area contributed by atoms with Crippen molar-refractivity contribution in [1.82, 2.24) is 4.98 Å². The Morgan fingerprint density at radius 3 is 2.67 bits per heavy atom. The lowest BCUT2D eigenvalue weighted by Crippen LogP contribution is -2.46. The number of alkyl halides is 2. The number of nitrogens with one attached hydrogen (secondary N) is 1. The van der Waals surface area contributed by atoms with Gasteiger partial charge in [0, 0.05) is 45.9 Å². The molecule has 0 amide bonds. The summed E-state index contributed by atoms with van der Waals surface area (Å²) < 4.78 is 29.5. The van der Waals surface area contributed by atoms with Gasteiger partial charge in [-0.15, -0.1) is 0 Å². The van der Waals surface area contributed by atoms with Crippen LogP contribution in [0.1, 0.15) is 38.7 Å². The molecule has 1 aliphatic carbocycles. The molecule has 0 bridgehead atoms. The Morgan fingerprint density at radius 2 is 1.87 bits per heavy atom. The first kappa shape index (κ1) is 25.3. The maximum Gasteiger partial charge on any atom is 0.266 e. The summed E-state index contributed by atoms with van der Waals surface area (Å²) in [5, 5.41) is 12.6. The van der Waals surface area contributed by atoms with E-state index < -0.39 is 23.4 Å². The van der Waals surface area contributed by atoms with E-state index in [9.17, 15) is 18.7 Å². The Morgan fingerprint density at radius 1 is 1.10 bits per heavy atom. The molecule has 2 unspecified atom stereocenters. The Labute approximate surface area is 225 Å². The molecule has 0 spiro atoms. The van der Waals surface area contributed by atoms with Gasteiger partial charge in [-0.1, -0.05) is 56.3 Å². The van der Waals surface area contributed by atoms with Crippen molar-refractivity contribution in [2.75, 3.05) is 0 Å². The van der Waals surface area contributed by atoms with Gasteiger partial charge in [-0.2, -0.15) is 0 Å². The van der Waals surface area contributed by atoms with Gasteiger partial charge in [-0.05, 0) is 54.5 Å². The van der Waals surface area contributed by atoms with Crippen LogP contribution < -0.4 is 0 Å². The summed E-state index contributed by atoms with van der Waals surface area (Å²) in [5.74, 6) is -0.615. The van der Waals surface area contributed by atoms with E-state index in [0.29, 0.717) is 23.5 Å². The average Bonchev–Trinajstić information content (AvgIpc) is 3.50. The zero-order chi connectivity index (χ0) is 27.4. The molecule has 2 N–H and O–H groups in total. The van der Waals surface area contributed by atoms with E-state index in [1.54, 1.807) is 12.3 Å². The number of benzene rings is 2. The number of fused-ring (bicyclic) bond motifs is 3. The van der Waals surface area contributed by atoms with Crippen molar-refractivity contribution in [3.8, 4) is 11.3 Å². The maximum absolute atomic E-state index is 14.7. The summed E-state index contributed by atoms with van der Waals surface area (Å²) in [6.45, 7) is 3.81. The predicted octanol–water partition coefficient (Wildman–Crippen LogP) is 6.71. The third-order valence-electron chi connectivity index (χ3n) is 7.94. The lowest BCUT2D eigenvalue weighted by molar-refractivity contribution is -0.119. The highest BCUT2D eigenvalue weighted by Crippen LogP contribution is 2.44. The van der Waals surface area contributed by atoms with Crippen LogP contribution in [0, 0.1) is 5.92 Å². The topological polar surface area (TPSA) is 77.8 Å². The molecule has 0 saturated heterocycles. The molecule has 39 heavy (non-hydrogen) atoms. The van der Waals surface area contributed by atoms with Gasteiger partial charge < -0.3 is 10.1 Å². The standard InChI is InChI=1S/C32H29F2N3O2/c1-31(2,24-9-5-4-8-22(24)26-15-19-7-3-6-10-25(19)36-26)18-32(39,30(33)34)17-20-13-14-35-29-23-12-11-21(38)16-27(23)37-28(20)29/h3-12,14-16,20,30,36,39H,13,17-18H2,1-2H3. The molecule has 5 nitrogen and oxygen atoms in total. The van der Waals surface area contributed by atoms with Crippen molar-refractivity contribution in [2.45, 2.75) is 50.6 Å². The van der Waals surface area contributed by atoms with Crippen molar-refractivity contribution in [2.24, 2.45) is 15.9 Å². The van der Waals surface area contributed by atoms with Gasteiger partial charge in [0.25, 0.3) is 6.43 Å². The number of allylic oxidation sites excluding steroid dienone is 4. The second-order valence-corrected chi connectivity index (χ2v) is 11.3. The lowest BCUT2D eigenvalue weighted by atomic mass is 9.70. The normalized spacial score (nSPS) is 20.3. The van der Waals surface area contributed by atoms with Crippen molar-refractivity contribution in [1.29, 1.82) is 0 Å². The molecule has 0 saturated carbocycles. The number of aliphatic hydroxyl groups is 1. The molecular weight excluding hydrogens is 496 g/mol. The van der Waals surface area contributed by atoms with Gasteiger partial charge in [0.05, 0.1) is 17.1 Å². The quantitative estimate of drug-likeness (QED) is 0.360. The fourth-order valence-electron chi connectivity index (χ4n) is 6.16. The minimum absolute atomic E-state index is 0.150. The minimum atomic E-state index is -2.96. The summed E-state index contributed by atoms with van der Waals surface area (Å²) in [4.78, 5) is 24.3. The van der Waals surface area contributed by atoms with Gasteiger partial charge in [-0.25, -0.2) is 8.78 Å². The first-order valence-corrected chi connectivity index (χ1v) is 13.1. The van der Waals surface area contributed by atoms with E-state index in [0.717, 1.165) is 33.3 Å². The summed E-state index contributed by atoms with van der Waals surface area (Å²) >= 11 is 0. The van der Waals surface area contributed by atoms with Crippen LogP contribution in [0.2, 0.25) is 0 Å². The number of halogens is 2. The molecule has 3 aromatic rings. The second kappa shape index (κ2) is 9.35. The van der Waals surface area contributed by atoms with E-state index in [-0.39, 0.29) is 18.6 Å². The first-order chi connectivity index (χ1) is 18.6. The van der Waals surface area contributed by atoms with E-state index in [1.165, 1.54) is 12.2 Å². The maximum atomic E-state index is 14.7. The SMILES string of the molecule is CC(C)(CC(O)(CC1CC=NC2=C3C=CC(=O)C=C3N=C21)C(F)F)c1ccccc1-c1cc2ccccc2[nH]1. The zero-order valence-corrected chi connectivity index (χ0v) is 21.8. The number of nitrogens with zero attached hydrogens (tertiary/aromatic N) is 2. The number of ketones is 1. The van der Waals surface area contributed by atoms with Crippen LogP contribution in [0.15, 0.2) is 99.8 Å². The fourth-order valence-corrected chi connectivity index (χ4v) is 6.16. The molecule has 3 aliphatic rings. The van der Waals surface area contributed by atoms with Crippen LogP contribution in [-0.2, 0) is 10.2 Å². The number of carbonyl (C=O) groups excluding carboxylic acids is 1. The van der Waals surface area contributed by atoms with Crippen LogP contribution >= 0.6 is 0 Å². The van der Waals surface area contributed by atoms with Gasteiger partial charge in [0.15, 0.2) is 5.78 Å². The Balaban J connectivity index is 1.32. The van der Waals surface area contributed by atoms with Crippen molar-refractivity contribution in [3.63, 3.8) is 0 Å². The lowest BCUT2D eigenvalue weighted by Gasteiger charge is -2.39. The smallest absolute Gasteiger partial charge is 0.266 e. The van der Waals surface area contributed by atoms with E-state index in [1.807, 2.05) is 62.4 Å². The van der Waals surface area contributed by atoms with E-state index in [2.05, 4.69) is 21.0 Å². The van der Waals surface area contributed by atoms with Gasteiger partial charge in [0.2, 0.25) is 0 Å². The number of aromatic nitrogens is 1. The molecule has 0 radical (unpaired) electrons. The molecule has 7 heteroatoms. The average molecular weight is 526 g/mol. The van der Waals surface area contributed by atoms with Crippen molar-refractivity contribution < 1.29 is 18.7 Å². The predicted molar refractivity (Wildman–Crippen MR) is 150 cm³/mol. The van der Waals surface area contributed by atoms with Crippen LogP contribution in [0.5, 0.6) is 0 Å². The van der Waals surface area contributed by atoms with E-state index >= 15 is 0 Å². The molecular formula is C32H29F2N3O2. The molecule has 1 aromatic heterocycles. The molecule has 3 heterocycles. The zero-order valence-electron chi connectivity index (χ0n) is 21.8. The summed E-state index contributed by atoms with van der Waals surface area (Å²) in [7, 11) is 0. The summed E-state index contributed by atoms with van der Waals surface area (Å²) in [6.07, 6.45) is 3.36. The number of hydrogen-bond acceptors (Lipinski definition) is 4. The van der Waals surface area contributed by atoms with Crippen LogP contribution in [0.3, 0.4) is 0 Å². The van der Waals surface area contributed by atoms with Crippen molar-refractivity contribution in [3.05, 3.63) is 95.4 Å². The number of hydrogen-bond donors (Lipinski definition) is 2. The van der Waals surface area contributed by atoms with Gasteiger partial charge in [0.1, 0.15) is 5.60 Å². The number of aromatic amines is 1. The second-order valence-electron chi connectivity index (χ2n) is 11.3. The third-order valence-corrected chi connectivity index (χ3v) is 7.94. The Bertz CT molecular complexity index is 1610. The molecule has 2 aromatic carbocycles. The minimum Gasteiger partial charge on any atom is -0.384 e. The number of rotatable bonds is 7. The van der Waals surface area contributed by atoms with Crippen LogP contribution in [0.4, 0.5) is 8.78 Å². The molecule has 2 atom stereocenters. The largest absolute Gasteiger partial charge is 0.384 e. The number of carbonyl (C=O) groups is 1. The third kappa shape index (κ3) is 4.51. The molecule has 6 rings (SSSR count). The van der Waals surface area contributed by atoms with Gasteiger partial charge >= 0.3 is 0 Å². The number of aliphatic imine (C=N–C) groups is 2. The van der Waals surface area contributed by atoms with Crippen LogP contribution in [0.25, 0.3) is 22.2 Å². The molecule has 0 fully saturated rings. The fraction of sp³-hybridized carbons (Fsp3) is 0.281. The monoisotopic (exact) mass is 525 g/mol. The summed E-state index contributed by atoms with van der Waals surface area (Å²) in [6, 6.07) is 17.8.